The van der Waals surface area contributed by atoms with Crippen molar-refractivity contribution < 1.29 is 9.59 Å². The summed E-state index contributed by atoms with van der Waals surface area (Å²) >= 11 is 4.59. The first-order chi connectivity index (χ1) is 12.2. The van der Waals surface area contributed by atoms with Gasteiger partial charge in [0, 0.05) is 16.7 Å². The quantitative estimate of drug-likeness (QED) is 0.512. The third-order valence-corrected chi connectivity index (χ3v) is 6.53. The first kappa shape index (κ1) is 20.9. The van der Waals surface area contributed by atoms with E-state index in [1.165, 1.54) is 23.1 Å². The summed E-state index contributed by atoms with van der Waals surface area (Å²) in [5.41, 5.74) is 0.842. The number of amides is 1. The Labute approximate surface area is 166 Å². The van der Waals surface area contributed by atoms with E-state index >= 15 is 0 Å². The van der Waals surface area contributed by atoms with Gasteiger partial charge in [-0.1, -0.05) is 62.6 Å². The van der Waals surface area contributed by atoms with E-state index in [2.05, 4.69) is 22.4 Å². The zero-order valence-electron chi connectivity index (χ0n) is 15.5. The number of rotatable bonds is 7. The monoisotopic (exact) mass is 409 g/mol. The minimum absolute atomic E-state index is 0.0311. The molecule has 1 aromatic carbocycles. The van der Waals surface area contributed by atoms with Crippen molar-refractivity contribution in [3.8, 4) is 0 Å². The summed E-state index contributed by atoms with van der Waals surface area (Å²) in [7, 11) is 0. The first-order valence-corrected chi connectivity index (χ1v) is 11.0. The summed E-state index contributed by atoms with van der Waals surface area (Å²) in [4.78, 5) is 24.6. The van der Waals surface area contributed by atoms with Gasteiger partial charge >= 0.3 is 0 Å². The van der Waals surface area contributed by atoms with Crippen LogP contribution in [0.5, 0.6) is 0 Å². The van der Waals surface area contributed by atoms with Gasteiger partial charge in [0.2, 0.25) is 5.91 Å². The molecule has 140 valence electrons. The van der Waals surface area contributed by atoms with Crippen LogP contribution in [0.2, 0.25) is 0 Å². The minimum atomic E-state index is -0.462. The molecule has 0 fully saturated rings. The Morgan fingerprint density at radius 2 is 1.77 bits per heavy atom. The van der Waals surface area contributed by atoms with Gasteiger partial charge in [0.25, 0.3) is 0 Å². The van der Waals surface area contributed by atoms with Crippen molar-refractivity contribution >= 4 is 52.2 Å². The number of aromatic nitrogens is 2. The van der Waals surface area contributed by atoms with E-state index in [0.29, 0.717) is 11.3 Å². The van der Waals surface area contributed by atoms with E-state index in [4.69, 9.17) is 0 Å². The highest BCUT2D eigenvalue weighted by atomic mass is 32.2. The number of ketones is 1. The summed E-state index contributed by atoms with van der Waals surface area (Å²) in [6.45, 7) is 9.51. The molecule has 1 amide bonds. The fraction of sp³-hybridized carbons (Fsp3) is 0.444. The second kappa shape index (κ2) is 9.01. The summed E-state index contributed by atoms with van der Waals surface area (Å²) < 4.78 is 1.73. The number of anilines is 1. The van der Waals surface area contributed by atoms with Crippen LogP contribution >= 0.6 is 34.9 Å². The second-order valence-corrected chi connectivity index (χ2v) is 10.7. The Kier molecular flexibility index (Phi) is 7.25. The highest BCUT2D eigenvalue weighted by Gasteiger charge is 2.22. The molecule has 1 heterocycles. The smallest absolute Gasteiger partial charge is 0.229 e. The van der Waals surface area contributed by atoms with Gasteiger partial charge in [0.15, 0.2) is 14.5 Å². The lowest BCUT2D eigenvalue weighted by Crippen LogP contribution is -2.27. The number of nitrogens with one attached hydrogen (secondary N) is 1. The Hall–Kier alpha value is -1.38. The Bertz CT molecular complexity index is 767. The summed E-state index contributed by atoms with van der Waals surface area (Å²) in [5, 5.41) is 10.8. The molecule has 8 heteroatoms. The highest BCUT2D eigenvalue weighted by Crippen LogP contribution is 2.32. The molecule has 0 spiro atoms. The van der Waals surface area contributed by atoms with Crippen LogP contribution in [0.1, 0.15) is 45.0 Å². The van der Waals surface area contributed by atoms with Gasteiger partial charge in [-0.15, -0.1) is 10.2 Å². The molecule has 1 atom stereocenters. The number of hydrogen-bond acceptors (Lipinski definition) is 7. The largest absolute Gasteiger partial charge is 0.326 e. The molecular formula is C18H23N3O2S3. The number of Topliss-reactive ketones (excluding diaryl/α,β-unsaturated/α-hetero) is 1. The van der Waals surface area contributed by atoms with Crippen LogP contribution in [-0.4, -0.2) is 32.9 Å². The zero-order valence-corrected chi connectivity index (χ0v) is 18.0. The van der Waals surface area contributed by atoms with Crippen LogP contribution in [-0.2, 0) is 4.79 Å². The molecule has 1 aromatic heterocycles. The maximum Gasteiger partial charge on any atom is 0.229 e. The maximum absolute atomic E-state index is 12.6. The van der Waals surface area contributed by atoms with Gasteiger partial charge in [-0.25, -0.2) is 0 Å². The molecule has 1 unspecified atom stereocenters. The second-order valence-electron chi connectivity index (χ2n) is 6.67. The lowest BCUT2D eigenvalue weighted by Gasteiger charge is -2.17. The molecule has 0 aliphatic rings. The highest BCUT2D eigenvalue weighted by molar-refractivity contribution is 8.03. The molecule has 0 radical (unpaired) electrons. The van der Waals surface area contributed by atoms with Gasteiger partial charge in [0.1, 0.15) is 0 Å². The van der Waals surface area contributed by atoms with Crippen molar-refractivity contribution in [2.75, 3.05) is 11.1 Å². The van der Waals surface area contributed by atoms with Gasteiger partial charge in [-0.05, 0) is 36.9 Å². The van der Waals surface area contributed by atoms with Crippen LogP contribution in [0.15, 0.2) is 32.9 Å². The number of carbonyl (C=O) groups is 2. The Morgan fingerprint density at radius 1 is 1.15 bits per heavy atom. The molecule has 0 aliphatic carbocycles. The molecule has 2 rings (SSSR count). The topological polar surface area (TPSA) is 72.0 Å². The van der Waals surface area contributed by atoms with Gasteiger partial charge in [-0.3, -0.25) is 9.59 Å². The fourth-order valence-electron chi connectivity index (χ4n) is 1.90. The van der Waals surface area contributed by atoms with E-state index < -0.39 is 5.41 Å². The molecule has 26 heavy (non-hydrogen) atoms. The van der Waals surface area contributed by atoms with Crippen molar-refractivity contribution in [2.45, 2.75) is 48.5 Å². The molecular weight excluding hydrogens is 386 g/mol. The average molecular weight is 410 g/mol. The summed E-state index contributed by atoms with van der Waals surface area (Å²) in [5.74, 6) is 0.924. The Morgan fingerprint density at radius 3 is 2.35 bits per heavy atom. The van der Waals surface area contributed by atoms with Gasteiger partial charge < -0.3 is 5.32 Å². The van der Waals surface area contributed by atoms with Crippen molar-refractivity contribution in [3.05, 3.63) is 29.8 Å². The van der Waals surface area contributed by atoms with Crippen molar-refractivity contribution in [3.63, 3.8) is 0 Å². The van der Waals surface area contributed by atoms with Crippen LogP contribution < -0.4 is 5.32 Å². The Balaban J connectivity index is 1.98. The normalized spacial score (nSPS) is 12.7. The van der Waals surface area contributed by atoms with Crippen LogP contribution in [0, 0.1) is 5.41 Å². The zero-order chi connectivity index (χ0) is 19.3. The van der Waals surface area contributed by atoms with Gasteiger partial charge in [0.05, 0.1) is 5.25 Å². The number of carbonyl (C=O) groups excluding carboxylic acids is 2. The van der Waals surface area contributed by atoms with Crippen LogP contribution in [0.4, 0.5) is 5.69 Å². The number of thioether (sulfide) groups is 2. The van der Waals surface area contributed by atoms with E-state index in [1.54, 1.807) is 36.0 Å². The number of benzene rings is 1. The molecule has 0 aliphatic heterocycles. The number of hydrogen-bond donors (Lipinski definition) is 1. The summed E-state index contributed by atoms with van der Waals surface area (Å²) in [6.07, 6.45) is 0. The van der Waals surface area contributed by atoms with E-state index in [9.17, 15) is 9.59 Å². The molecule has 2 aromatic rings. The summed E-state index contributed by atoms with van der Waals surface area (Å²) in [6, 6.07) is 7.01. The SMILES string of the molecule is CCSc1nnc(SC(C)C(=O)c2ccc(NC(=O)C(C)(C)C)cc2)s1. The van der Waals surface area contributed by atoms with E-state index in [1.807, 2.05) is 27.7 Å². The van der Waals surface area contributed by atoms with Crippen molar-refractivity contribution in [1.82, 2.24) is 10.2 Å². The van der Waals surface area contributed by atoms with E-state index in [0.717, 1.165) is 14.4 Å². The molecule has 0 saturated carbocycles. The van der Waals surface area contributed by atoms with Crippen LogP contribution in [0.25, 0.3) is 0 Å². The molecule has 0 bridgehead atoms. The van der Waals surface area contributed by atoms with Crippen molar-refractivity contribution in [1.29, 1.82) is 0 Å². The van der Waals surface area contributed by atoms with Crippen molar-refractivity contribution in [2.24, 2.45) is 5.41 Å². The minimum Gasteiger partial charge on any atom is -0.326 e. The predicted octanol–water partition coefficient (Wildman–Crippen LogP) is 5.00. The maximum atomic E-state index is 12.6. The van der Waals surface area contributed by atoms with E-state index in [-0.39, 0.29) is 16.9 Å². The third-order valence-electron chi connectivity index (χ3n) is 3.41. The fourth-order valence-corrected chi connectivity index (χ4v) is 5.04. The first-order valence-electron chi connectivity index (χ1n) is 8.29. The third kappa shape index (κ3) is 5.82. The van der Waals surface area contributed by atoms with Gasteiger partial charge in [-0.2, -0.15) is 0 Å². The van der Waals surface area contributed by atoms with Crippen LogP contribution in [0.3, 0.4) is 0 Å². The predicted molar refractivity (Wildman–Crippen MR) is 110 cm³/mol. The average Bonchev–Trinajstić information content (AvgIpc) is 3.01. The standard InChI is InChI=1S/C18H23N3O2S3/c1-6-24-16-20-21-17(26-16)25-11(2)14(22)12-7-9-13(10-8-12)19-15(23)18(3,4)5/h7-11H,6H2,1-5H3,(H,19,23). The molecule has 0 saturated heterocycles. The molecule has 5 nitrogen and oxygen atoms in total. The lowest BCUT2D eigenvalue weighted by molar-refractivity contribution is -0.123. The lowest BCUT2D eigenvalue weighted by atomic mass is 9.95. The number of nitrogens with zero attached hydrogens (tertiary/aromatic N) is 2. The molecule has 1 N–H and O–H groups in total.